The molecule has 31 heavy (non-hydrogen) atoms. The van der Waals surface area contributed by atoms with Crippen LogP contribution in [0.3, 0.4) is 0 Å². The number of benzene rings is 2. The molecule has 0 bridgehead atoms. The summed E-state index contributed by atoms with van der Waals surface area (Å²) in [5.41, 5.74) is 2.16. The zero-order chi connectivity index (χ0) is 21.4. The van der Waals surface area contributed by atoms with Crippen molar-refractivity contribution in [2.75, 3.05) is 18.5 Å². The number of rotatable bonds is 4. The molecule has 0 saturated carbocycles. The number of nitrogens with one attached hydrogen (secondary N) is 1. The van der Waals surface area contributed by atoms with E-state index in [1.165, 1.54) is 11.8 Å². The second-order valence-corrected chi connectivity index (χ2v) is 8.45. The molecule has 2 aromatic carbocycles. The van der Waals surface area contributed by atoms with E-state index >= 15 is 0 Å². The van der Waals surface area contributed by atoms with Crippen molar-refractivity contribution in [1.82, 2.24) is 9.55 Å². The first-order valence-corrected chi connectivity index (χ1v) is 11.1. The molecule has 1 atom stereocenters. The highest BCUT2D eigenvalue weighted by atomic mass is 32.2. The lowest BCUT2D eigenvalue weighted by Gasteiger charge is -2.28. The Morgan fingerprint density at radius 3 is 2.68 bits per heavy atom. The highest BCUT2D eigenvalue weighted by Crippen LogP contribution is 2.40. The monoisotopic (exact) mass is 435 g/mol. The normalized spacial score (nSPS) is 17.1. The summed E-state index contributed by atoms with van der Waals surface area (Å²) in [6.07, 6.45) is 0.181. The maximum atomic E-state index is 13.1. The van der Waals surface area contributed by atoms with Gasteiger partial charge in [0, 0.05) is 25.1 Å². The summed E-state index contributed by atoms with van der Waals surface area (Å²) in [5, 5.41) is 3.45. The number of hydrogen-bond donors (Lipinski definition) is 1. The van der Waals surface area contributed by atoms with Crippen LogP contribution in [0, 0.1) is 0 Å². The van der Waals surface area contributed by atoms with E-state index in [1.54, 1.807) is 4.57 Å². The van der Waals surface area contributed by atoms with Crippen LogP contribution < -0.4 is 20.3 Å². The maximum Gasteiger partial charge on any atom is 0.279 e. The molecule has 0 spiro atoms. The van der Waals surface area contributed by atoms with E-state index in [9.17, 15) is 9.59 Å². The summed E-state index contributed by atoms with van der Waals surface area (Å²) in [4.78, 5) is 30.0. The number of amides is 1. The molecule has 3 heterocycles. The van der Waals surface area contributed by atoms with Crippen LogP contribution in [0.1, 0.15) is 29.0 Å². The Kier molecular flexibility index (Phi) is 5.15. The zero-order valence-corrected chi connectivity index (χ0v) is 17.8. The molecule has 158 valence electrons. The first-order chi connectivity index (χ1) is 15.1. The fraction of sp³-hybridized carbons (Fsp3) is 0.261. The van der Waals surface area contributed by atoms with Gasteiger partial charge in [-0.1, -0.05) is 48.2 Å². The molecule has 3 aromatic rings. The van der Waals surface area contributed by atoms with Crippen LogP contribution in [0.2, 0.25) is 0 Å². The smallest absolute Gasteiger partial charge is 0.279 e. The Morgan fingerprint density at radius 2 is 1.87 bits per heavy atom. The summed E-state index contributed by atoms with van der Waals surface area (Å²) in [5.74, 6) is 1.97. The zero-order valence-electron chi connectivity index (χ0n) is 17.0. The summed E-state index contributed by atoms with van der Waals surface area (Å²) in [6.45, 7) is 0.985. The standard InChI is InChI=1S/C23H21N3O4S/c1-26-21-20(22(28)25-23(26)31-13-14-5-3-2-4-6-14)16(12-19(27)24-21)15-7-8-17-18(11-15)30-10-9-29-17/h2-8,11,16H,9-10,12-13H2,1H3,(H,24,27)/t16-/m1/s1. The summed E-state index contributed by atoms with van der Waals surface area (Å²) in [7, 11) is 1.82. The van der Waals surface area contributed by atoms with E-state index in [2.05, 4.69) is 10.3 Å². The van der Waals surface area contributed by atoms with Gasteiger partial charge in [0.2, 0.25) is 5.91 Å². The van der Waals surface area contributed by atoms with Gasteiger partial charge in [-0.3, -0.25) is 9.59 Å². The number of carbonyl (C=O) groups excluding carboxylic acids is 1. The van der Waals surface area contributed by atoms with Crippen molar-refractivity contribution in [3.63, 3.8) is 0 Å². The topological polar surface area (TPSA) is 82.5 Å². The second-order valence-electron chi connectivity index (χ2n) is 7.50. The highest BCUT2D eigenvalue weighted by molar-refractivity contribution is 7.98. The van der Waals surface area contributed by atoms with Crippen molar-refractivity contribution in [3.05, 3.63) is 75.6 Å². The van der Waals surface area contributed by atoms with Gasteiger partial charge in [-0.15, -0.1) is 0 Å². The van der Waals surface area contributed by atoms with E-state index in [1.807, 2.05) is 55.6 Å². The second kappa shape index (κ2) is 8.11. The molecule has 5 rings (SSSR count). The molecule has 7 nitrogen and oxygen atoms in total. The number of fused-ring (bicyclic) bond motifs is 2. The van der Waals surface area contributed by atoms with E-state index in [0.29, 0.717) is 47.0 Å². The predicted molar refractivity (Wildman–Crippen MR) is 118 cm³/mol. The minimum absolute atomic E-state index is 0.132. The van der Waals surface area contributed by atoms with Crippen molar-refractivity contribution in [2.45, 2.75) is 23.2 Å². The fourth-order valence-corrected chi connectivity index (χ4v) is 4.87. The molecular weight excluding hydrogens is 414 g/mol. The van der Waals surface area contributed by atoms with Gasteiger partial charge >= 0.3 is 0 Å². The molecular formula is C23H21N3O4S. The fourth-order valence-electron chi connectivity index (χ4n) is 3.95. The Labute approximate surface area is 183 Å². The van der Waals surface area contributed by atoms with Crippen molar-refractivity contribution in [1.29, 1.82) is 0 Å². The Hall–Kier alpha value is -3.26. The molecule has 0 radical (unpaired) electrons. The number of anilines is 1. The van der Waals surface area contributed by atoms with Gasteiger partial charge in [0.15, 0.2) is 16.7 Å². The van der Waals surface area contributed by atoms with Gasteiger partial charge in [-0.05, 0) is 23.3 Å². The van der Waals surface area contributed by atoms with Crippen LogP contribution in [-0.4, -0.2) is 28.7 Å². The number of ether oxygens (including phenoxy) is 2. The SMILES string of the molecule is Cn1c(SCc2ccccc2)nc(=O)c2c1NC(=O)C[C@@H]2c1ccc2c(c1)OCCO2. The lowest BCUT2D eigenvalue weighted by Crippen LogP contribution is -2.33. The summed E-state index contributed by atoms with van der Waals surface area (Å²) >= 11 is 1.47. The van der Waals surface area contributed by atoms with Crippen LogP contribution in [0.25, 0.3) is 0 Å². The third-order valence-electron chi connectivity index (χ3n) is 5.48. The largest absolute Gasteiger partial charge is 0.486 e. The molecule has 1 N–H and O–H groups in total. The third kappa shape index (κ3) is 3.79. The Morgan fingerprint density at radius 1 is 1.10 bits per heavy atom. The maximum absolute atomic E-state index is 13.1. The van der Waals surface area contributed by atoms with Crippen LogP contribution >= 0.6 is 11.8 Å². The lowest BCUT2D eigenvalue weighted by molar-refractivity contribution is -0.116. The Balaban J connectivity index is 1.52. The molecule has 2 aliphatic heterocycles. The van der Waals surface area contributed by atoms with E-state index in [-0.39, 0.29) is 23.8 Å². The third-order valence-corrected chi connectivity index (χ3v) is 6.58. The van der Waals surface area contributed by atoms with E-state index in [4.69, 9.17) is 9.47 Å². The van der Waals surface area contributed by atoms with Crippen LogP contribution in [0.15, 0.2) is 58.5 Å². The lowest BCUT2D eigenvalue weighted by atomic mass is 9.86. The van der Waals surface area contributed by atoms with Crippen LogP contribution in [0.5, 0.6) is 11.5 Å². The van der Waals surface area contributed by atoms with E-state index < -0.39 is 0 Å². The number of nitrogens with zero attached hydrogens (tertiary/aromatic N) is 2. The highest BCUT2D eigenvalue weighted by Gasteiger charge is 2.32. The first kappa shape index (κ1) is 19.7. The molecule has 1 aromatic heterocycles. The van der Waals surface area contributed by atoms with Crippen molar-refractivity contribution in [2.24, 2.45) is 7.05 Å². The van der Waals surface area contributed by atoms with E-state index in [0.717, 1.165) is 11.1 Å². The minimum Gasteiger partial charge on any atom is -0.486 e. The predicted octanol–water partition coefficient (Wildman–Crippen LogP) is 3.32. The number of aromatic nitrogens is 2. The quantitative estimate of drug-likeness (QED) is 0.500. The van der Waals surface area contributed by atoms with Crippen molar-refractivity contribution in [3.8, 4) is 11.5 Å². The van der Waals surface area contributed by atoms with Crippen LogP contribution in [-0.2, 0) is 17.6 Å². The molecule has 2 aliphatic rings. The molecule has 0 saturated heterocycles. The summed E-state index contributed by atoms with van der Waals surface area (Å²) in [6, 6.07) is 15.6. The number of hydrogen-bond acceptors (Lipinski definition) is 6. The minimum atomic E-state index is -0.390. The average Bonchev–Trinajstić information content (AvgIpc) is 2.80. The van der Waals surface area contributed by atoms with Crippen LogP contribution in [0.4, 0.5) is 5.82 Å². The van der Waals surface area contributed by atoms with Gasteiger partial charge < -0.3 is 19.4 Å². The molecule has 0 unspecified atom stereocenters. The molecule has 0 aliphatic carbocycles. The van der Waals surface area contributed by atoms with Gasteiger partial charge in [-0.25, -0.2) is 0 Å². The van der Waals surface area contributed by atoms with Gasteiger partial charge in [-0.2, -0.15) is 4.98 Å². The van der Waals surface area contributed by atoms with Gasteiger partial charge in [0.25, 0.3) is 5.56 Å². The average molecular weight is 436 g/mol. The van der Waals surface area contributed by atoms with Gasteiger partial charge in [0.1, 0.15) is 19.0 Å². The van der Waals surface area contributed by atoms with Crippen molar-refractivity contribution >= 4 is 23.5 Å². The molecule has 1 amide bonds. The number of thioether (sulfide) groups is 1. The Bertz CT molecular complexity index is 1210. The molecule has 8 heteroatoms. The van der Waals surface area contributed by atoms with Crippen molar-refractivity contribution < 1.29 is 14.3 Å². The van der Waals surface area contributed by atoms with Gasteiger partial charge in [0.05, 0.1) is 5.56 Å². The molecule has 0 fully saturated rings. The first-order valence-electron chi connectivity index (χ1n) is 10.1. The number of carbonyl (C=O) groups is 1. The summed E-state index contributed by atoms with van der Waals surface area (Å²) < 4.78 is 13.1.